The molecule has 0 radical (unpaired) electrons. The summed E-state index contributed by atoms with van der Waals surface area (Å²) in [4.78, 5) is 2.53. The van der Waals surface area contributed by atoms with E-state index in [-0.39, 0.29) is 0 Å². The summed E-state index contributed by atoms with van der Waals surface area (Å²) in [5.41, 5.74) is 1.16. The molecular weight excluding hydrogens is 280 g/mol. The SMILES string of the molecule is COc1cc(OC)c(OC)cc1CN1CCC2CNCC2C1. The zero-order valence-corrected chi connectivity index (χ0v) is 13.7. The van der Waals surface area contributed by atoms with Crippen LogP contribution >= 0.6 is 0 Å². The number of likely N-dealkylation sites (tertiary alicyclic amines) is 1. The van der Waals surface area contributed by atoms with Gasteiger partial charge in [-0.15, -0.1) is 0 Å². The Bertz CT molecular complexity index is 521. The molecule has 1 aromatic carbocycles. The van der Waals surface area contributed by atoms with Crippen molar-refractivity contribution in [1.82, 2.24) is 10.2 Å². The summed E-state index contributed by atoms with van der Waals surface area (Å²) < 4.78 is 16.3. The van der Waals surface area contributed by atoms with Crippen LogP contribution in [0.1, 0.15) is 12.0 Å². The Morgan fingerprint density at radius 3 is 2.41 bits per heavy atom. The normalized spacial score (nSPS) is 24.9. The topological polar surface area (TPSA) is 43.0 Å². The predicted octanol–water partition coefficient (Wildman–Crippen LogP) is 1.75. The van der Waals surface area contributed by atoms with Gasteiger partial charge in [-0.05, 0) is 44.0 Å². The van der Waals surface area contributed by atoms with Gasteiger partial charge in [0.25, 0.3) is 0 Å². The molecule has 5 heteroatoms. The number of nitrogens with one attached hydrogen (secondary N) is 1. The maximum Gasteiger partial charge on any atom is 0.164 e. The summed E-state index contributed by atoms with van der Waals surface area (Å²) in [5, 5.41) is 3.52. The van der Waals surface area contributed by atoms with Crippen molar-refractivity contribution in [3.63, 3.8) is 0 Å². The van der Waals surface area contributed by atoms with Crippen LogP contribution in [0.25, 0.3) is 0 Å². The van der Waals surface area contributed by atoms with Crippen LogP contribution in [0.15, 0.2) is 12.1 Å². The Kier molecular flexibility index (Phi) is 4.74. The van der Waals surface area contributed by atoms with E-state index in [1.54, 1.807) is 21.3 Å². The van der Waals surface area contributed by atoms with Crippen LogP contribution in [-0.4, -0.2) is 52.4 Å². The molecule has 2 heterocycles. The number of rotatable bonds is 5. The number of piperidine rings is 1. The number of benzene rings is 1. The minimum Gasteiger partial charge on any atom is -0.496 e. The Morgan fingerprint density at radius 2 is 1.68 bits per heavy atom. The molecule has 1 N–H and O–H groups in total. The van der Waals surface area contributed by atoms with Gasteiger partial charge >= 0.3 is 0 Å². The number of hydrogen-bond acceptors (Lipinski definition) is 5. The van der Waals surface area contributed by atoms with E-state index in [0.29, 0.717) is 5.75 Å². The molecule has 22 heavy (non-hydrogen) atoms. The number of nitrogens with zero attached hydrogens (tertiary/aromatic N) is 1. The third-order valence-corrected chi connectivity index (χ3v) is 4.97. The van der Waals surface area contributed by atoms with Crippen molar-refractivity contribution in [2.75, 3.05) is 47.5 Å². The third-order valence-electron chi connectivity index (χ3n) is 4.97. The molecule has 0 aliphatic carbocycles. The first-order chi connectivity index (χ1) is 10.7. The average molecular weight is 306 g/mol. The van der Waals surface area contributed by atoms with Gasteiger partial charge in [-0.25, -0.2) is 0 Å². The lowest BCUT2D eigenvalue weighted by Crippen LogP contribution is -2.39. The van der Waals surface area contributed by atoms with Crippen LogP contribution in [0, 0.1) is 11.8 Å². The number of fused-ring (bicyclic) bond motifs is 1. The van der Waals surface area contributed by atoms with Gasteiger partial charge < -0.3 is 19.5 Å². The first-order valence-corrected chi connectivity index (χ1v) is 7.97. The van der Waals surface area contributed by atoms with E-state index in [0.717, 1.165) is 55.1 Å². The highest BCUT2D eigenvalue weighted by Gasteiger charge is 2.32. The van der Waals surface area contributed by atoms with Gasteiger partial charge in [-0.1, -0.05) is 0 Å². The highest BCUT2D eigenvalue weighted by atomic mass is 16.5. The molecule has 2 aliphatic heterocycles. The van der Waals surface area contributed by atoms with Crippen molar-refractivity contribution >= 4 is 0 Å². The fraction of sp³-hybridized carbons (Fsp3) is 0.647. The molecule has 2 atom stereocenters. The smallest absolute Gasteiger partial charge is 0.164 e. The van der Waals surface area contributed by atoms with E-state index in [1.807, 2.05) is 12.1 Å². The summed E-state index contributed by atoms with van der Waals surface area (Å²) in [7, 11) is 5.02. The molecule has 0 saturated carbocycles. The largest absolute Gasteiger partial charge is 0.496 e. The lowest BCUT2D eigenvalue weighted by atomic mass is 9.88. The summed E-state index contributed by atoms with van der Waals surface area (Å²) in [5.74, 6) is 3.99. The van der Waals surface area contributed by atoms with Crippen LogP contribution in [0.4, 0.5) is 0 Å². The predicted molar refractivity (Wildman–Crippen MR) is 85.8 cm³/mol. The van der Waals surface area contributed by atoms with Gasteiger partial charge in [0, 0.05) is 24.7 Å². The number of methoxy groups -OCH3 is 3. The van der Waals surface area contributed by atoms with E-state index in [4.69, 9.17) is 14.2 Å². The van der Waals surface area contributed by atoms with Crippen molar-refractivity contribution in [1.29, 1.82) is 0 Å². The third kappa shape index (κ3) is 3.01. The lowest BCUT2D eigenvalue weighted by Gasteiger charge is -2.34. The fourth-order valence-corrected chi connectivity index (χ4v) is 3.71. The zero-order chi connectivity index (χ0) is 15.5. The van der Waals surface area contributed by atoms with Crippen LogP contribution in [0.3, 0.4) is 0 Å². The van der Waals surface area contributed by atoms with Crippen molar-refractivity contribution in [3.05, 3.63) is 17.7 Å². The van der Waals surface area contributed by atoms with E-state index >= 15 is 0 Å². The first-order valence-electron chi connectivity index (χ1n) is 7.97. The summed E-state index contributed by atoms with van der Waals surface area (Å²) >= 11 is 0. The Labute approximate surface area is 132 Å². The molecule has 0 amide bonds. The molecule has 2 saturated heterocycles. The molecule has 2 aliphatic rings. The highest BCUT2D eigenvalue weighted by Crippen LogP contribution is 2.36. The second-order valence-corrected chi connectivity index (χ2v) is 6.22. The second kappa shape index (κ2) is 6.75. The maximum absolute atomic E-state index is 5.54. The van der Waals surface area contributed by atoms with Crippen LogP contribution in [0.2, 0.25) is 0 Å². The standard InChI is InChI=1S/C17H26N2O3/c1-20-15-7-17(22-3)16(21-2)6-13(15)10-19-5-4-12-8-18-9-14(12)11-19/h6-7,12,14,18H,4-5,8-11H2,1-3H3. The molecule has 0 bridgehead atoms. The monoisotopic (exact) mass is 306 g/mol. The molecule has 5 nitrogen and oxygen atoms in total. The van der Waals surface area contributed by atoms with Crippen molar-refractivity contribution < 1.29 is 14.2 Å². The summed E-state index contributed by atoms with van der Waals surface area (Å²) in [6.45, 7) is 5.56. The fourth-order valence-electron chi connectivity index (χ4n) is 3.71. The van der Waals surface area contributed by atoms with Crippen molar-refractivity contribution in [2.45, 2.75) is 13.0 Å². The second-order valence-electron chi connectivity index (χ2n) is 6.22. The number of ether oxygens (including phenoxy) is 3. The average Bonchev–Trinajstić information content (AvgIpc) is 3.02. The molecule has 2 fully saturated rings. The van der Waals surface area contributed by atoms with Crippen molar-refractivity contribution in [3.8, 4) is 17.2 Å². The summed E-state index contributed by atoms with van der Waals surface area (Å²) in [6, 6.07) is 3.95. The minimum atomic E-state index is 0.710. The quantitative estimate of drug-likeness (QED) is 0.898. The Balaban J connectivity index is 1.76. The lowest BCUT2D eigenvalue weighted by molar-refractivity contribution is 0.141. The molecule has 3 rings (SSSR count). The van der Waals surface area contributed by atoms with Gasteiger partial charge in [0.1, 0.15) is 5.75 Å². The number of hydrogen-bond donors (Lipinski definition) is 1. The van der Waals surface area contributed by atoms with Gasteiger partial charge in [0.05, 0.1) is 21.3 Å². The molecular formula is C17H26N2O3. The zero-order valence-electron chi connectivity index (χ0n) is 13.7. The maximum atomic E-state index is 5.54. The molecule has 0 spiro atoms. The van der Waals surface area contributed by atoms with Crippen LogP contribution in [0.5, 0.6) is 17.2 Å². The minimum absolute atomic E-state index is 0.710. The molecule has 122 valence electrons. The Hall–Kier alpha value is -1.46. The van der Waals surface area contributed by atoms with E-state index in [1.165, 1.54) is 13.0 Å². The first kappa shape index (κ1) is 15.4. The molecule has 0 aromatic heterocycles. The van der Waals surface area contributed by atoms with Gasteiger partial charge in [-0.2, -0.15) is 0 Å². The van der Waals surface area contributed by atoms with Crippen molar-refractivity contribution in [2.24, 2.45) is 11.8 Å². The Morgan fingerprint density at radius 1 is 1.00 bits per heavy atom. The van der Waals surface area contributed by atoms with E-state index < -0.39 is 0 Å². The van der Waals surface area contributed by atoms with E-state index in [9.17, 15) is 0 Å². The van der Waals surface area contributed by atoms with Crippen LogP contribution in [-0.2, 0) is 6.54 Å². The molecule has 1 aromatic rings. The van der Waals surface area contributed by atoms with Gasteiger partial charge in [-0.3, -0.25) is 4.90 Å². The van der Waals surface area contributed by atoms with E-state index in [2.05, 4.69) is 10.2 Å². The highest BCUT2D eigenvalue weighted by molar-refractivity contribution is 5.50. The van der Waals surface area contributed by atoms with Gasteiger partial charge in [0.15, 0.2) is 11.5 Å². The summed E-state index contributed by atoms with van der Waals surface area (Å²) in [6.07, 6.45) is 1.28. The molecule has 2 unspecified atom stereocenters. The van der Waals surface area contributed by atoms with Gasteiger partial charge in [0.2, 0.25) is 0 Å². The van der Waals surface area contributed by atoms with Crippen LogP contribution < -0.4 is 19.5 Å².